The Hall–Kier alpha value is -0.160. The molecule has 2 aromatic rings. The minimum absolute atomic E-state index is 0.481. The van der Waals surface area contributed by atoms with E-state index in [4.69, 9.17) is 0 Å². The number of aryl methyl sites for hydroxylation is 2. The molecule has 0 saturated carbocycles. The van der Waals surface area contributed by atoms with Crippen molar-refractivity contribution in [2.24, 2.45) is 0 Å². The molecule has 0 aliphatic heterocycles. The normalized spacial score (nSPS) is 16.1. The van der Waals surface area contributed by atoms with E-state index in [9.17, 15) is 0 Å². The standard InChI is InChI=1S/C16H20BrNS2/c1-11(18-9-8-13-6-7-16(17)19-13)15-10-12-4-2-3-5-14(12)20-15/h6-7,10-11,18H,2-5,8-9H2,1H3. The molecule has 0 bridgehead atoms. The highest BCUT2D eigenvalue weighted by Gasteiger charge is 2.16. The molecule has 1 atom stereocenters. The summed E-state index contributed by atoms with van der Waals surface area (Å²) in [6.45, 7) is 3.35. The quantitative estimate of drug-likeness (QED) is 0.749. The molecule has 1 aliphatic carbocycles. The summed E-state index contributed by atoms with van der Waals surface area (Å²) < 4.78 is 1.23. The number of hydrogen-bond acceptors (Lipinski definition) is 3. The predicted octanol–water partition coefficient (Wildman–Crippen LogP) is 5.34. The number of fused-ring (bicyclic) bond motifs is 1. The summed E-state index contributed by atoms with van der Waals surface area (Å²) in [5.41, 5.74) is 1.62. The van der Waals surface area contributed by atoms with Crippen molar-refractivity contribution in [1.82, 2.24) is 5.32 Å². The van der Waals surface area contributed by atoms with Gasteiger partial charge in [-0.25, -0.2) is 0 Å². The molecule has 1 unspecified atom stereocenters. The van der Waals surface area contributed by atoms with Crippen LogP contribution in [0.15, 0.2) is 22.0 Å². The Balaban J connectivity index is 1.53. The fourth-order valence-electron chi connectivity index (χ4n) is 2.73. The van der Waals surface area contributed by atoms with Gasteiger partial charge >= 0.3 is 0 Å². The van der Waals surface area contributed by atoms with Crippen LogP contribution in [-0.4, -0.2) is 6.54 Å². The molecule has 0 spiro atoms. The number of nitrogens with one attached hydrogen (secondary N) is 1. The lowest BCUT2D eigenvalue weighted by atomic mass is 9.99. The van der Waals surface area contributed by atoms with E-state index in [0.29, 0.717) is 6.04 Å². The maximum atomic E-state index is 3.67. The molecule has 108 valence electrons. The zero-order valence-corrected chi connectivity index (χ0v) is 15.0. The summed E-state index contributed by atoms with van der Waals surface area (Å²) in [6, 6.07) is 7.27. The first kappa shape index (κ1) is 14.8. The van der Waals surface area contributed by atoms with Crippen molar-refractivity contribution in [1.29, 1.82) is 0 Å². The van der Waals surface area contributed by atoms with Gasteiger partial charge in [0.1, 0.15) is 0 Å². The van der Waals surface area contributed by atoms with Crippen molar-refractivity contribution in [3.8, 4) is 0 Å². The summed E-state index contributed by atoms with van der Waals surface area (Å²) in [4.78, 5) is 4.60. The van der Waals surface area contributed by atoms with Gasteiger partial charge in [0.25, 0.3) is 0 Å². The molecule has 3 rings (SSSR count). The predicted molar refractivity (Wildman–Crippen MR) is 93.1 cm³/mol. The van der Waals surface area contributed by atoms with Crippen LogP contribution in [0.4, 0.5) is 0 Å². The third kappa shape index (κ3) is 3.53. The maximum Gasteiger partial charge on any atom is 0.0701 e. The van der Waals surface area contributed by atoms with Gasteiger partial charge in [0.2, 0.25) is 0 Å². The SMILES string of the molecule is CC(NCCc1ccc(Br)s1)c1cc2c(s1)CCCC2. The average Bonchev–Trinajstić information content (AvgIpc) is 3.04. The van der Waals surface area contributed by atoms with Crippen LogP contribution in [0.3, 0.4) is 0 Å². The molecule has 20 heavy (non-hydrogen) atoms. The Kier molecular flexibility index (Phi) is 4.97. The monoisotopic (exact) mass is 369 g/mol. The lowest BCUT2D eigenvalue weighted by Gasteiger charge is -2.11. The second-order valence-corrected chi connectivity index (χ2v) is 9.15. The lowest BCUT2D eigenvalue weighted by molar-refractivity contribution is 0.586. The van der Waals surface area contributed by atoms with Crippen LogP contribution in [0, 0.1) is 0 Å². The Bertz CT molecular complexity index is 549. The molecule has 0 amide bonds. The molecule has 0 radical (unpaired) electrons. The van der Waals surface area contributed by atoms with Gasteiger partial charge in [-0.2, -0.15) is 0 Å². The molecule has 0 saturated heterocycles. The van der Waals surface area contributed by atoms with Crippen molar-refractivity contribution in [2.75, 3.05) is 6.54 Å². The third-order valence-corrected chi connectivity index (χ3v) is 7.00. The topological polar surface area (TPSA) is 12.0 Å². The smallest absolute Gasteiger partial charge is 0.0701 e. The summed E-state index contributed by atoms with van der Waals surface area (Å²) >= 11 is 7.38. The molecular weight excluding hydrogens is 350 g/mol. The van der Waals surface area contributed by atoms with E-state index in [1.807, 2.05) is 22.7 Å². The minimum atomic E-state index is 0.481. The largest absolute Gasteiger partial charge is 0.309 e. The Morgan fingerprint density at radius 3 is 2.85 bits per heavy atom. The molecule has 1 N–H and O–H groups in total. The van der Waals surface area contributed by atoms with E-state index in [0.717, 1.165) is 13.0 Å². The number of hydrogen-bond donors (Lipinski definition) is 1. The minimum Gasteiger partial charge on any atom is -0.309 e. The van der Waals surface area contributed by atoms with Crippen LogP contribution in [0.25, 0.3) is 0 Å². The van der Waals surface area contributed by atoms with Crippen LogP contribution >= 0.6 is 38.6 Å². The average molecular weight is 370 g/mol. The summed E-state index contributed by atoms with van der Waals surface area (Å²) in [5.74, 6) is 0. The fraction of sp³-hybridized carbons (Fsp3) is 0.500. The van der Waals surface area contributed by atoms with Crippen LogP contribution in [0.2, 0.25) is 0 Å². The van der Waals surface area contributed by atoms with E-state index in [1.165, 1.54) is 39.2 Å². The van der Waals surface area contributed by atoms with E-state index >= 15 is 0 Å². The Labute approximate surface area is 137 Å². The molecule has 1 nitrogen and oxygen atoms in total. The van der Waals surface area contributed by atoms with Crippen molar-refractivity contribution < 1.29 is 0 Å². The molecule has 0 aromatic carbocycles. The van der Waals surface area contributed by atoms with Gasteiger partial charge in [0.05, 0.1) is 3.79 Å². The van der Waals surface area contributed by atoms with Gasteiger partial charge in [0, 0.05) is 27.2 Å². The zero-order valence-electron chi connectivity index (χ0n) is 11.7. The van der Waals surface area contributed by atoms with Crippen molar-refractivity contribution >= 4 is 38.6 Å². The van der Waals surface area contributed by atoms with E-state index in [-0.39, 0.29) is 0 Å². The summed E-state index contributed by atoms with van der Waals surface area (Å²) in [5, 5.41) is 3.67. The molecule has 0 fully saturated rings. The summed E-state index contributed by atoms with van der Waals surface area (Å²) in [7, 11) is 0. The zero-order chi connectivity index (χ0) is 13.9. The fourth-order valence-corrected chi connectivity index (χ4v) is 5.49. The number of halogens is 1. The van der Waals surface area contributed by atoms with Gasteiger partial charge in [-0.15, -0.1) is 22.7 Å². The van der Waals surface area contributed by atoms with E-state index in [1.54, 1.807) is 10.4 Å². The van der Waals surface area contributed by atoms with Crippen molar-refractivity contribution in [2.45, 2.75) is 45.1 Å². The van der Waals surface area contributed by atoms with Crippen LogP contribution < -0.4 is 5.32 Å². The Morgan fingerprint density at radius 1 is 1.25 bits per heavy atom. The first-order valence-corrected chi connectivity index (χ1v) is 9.74. The highest BCUT2D eigenvalue weighted by atomic mass is 79.9. The molecule has 2 aromatic heterocycles. The van der Waals surface area contributed by atoms with Gasteiger partial charge in [-0.05, 0) is 78.7 Å². The van der Waals surface area contributed by atoms with Gasteiger partial charge in [0.15, 0.2) is 0 Å². The maximum absolute atomic E-state index is 3.67. The lowest BCUT2D eigenvalue weighted by Crippen LogP contribution is -2.20. The van der Waals surface area contributed by atoms with Gasteiger partial charge < -0.3 is 5.32 Å². The van der Waals surface area contributed by atoms with E-state index in [2.05, 4.69) is 46.4 Å². The number of thiophene rings is 2. The van der Waals surface area contributed by atoms with Crippen molar-refractivity contribution in [3.63, 3.8) is 0 Å². The molecule has 1 aliphatic rings. The van der Waals surface area contributed by atoms with Crippen molar-refractivity contribution in [3.05, 3.63) is 42.2 Å². The molecular formula is C16H20BrNS2. The van der Waals surface area contributed by atoms with Crippen LogP contribution in [0.5, 0.6) is 0 Å². The van der Waals surface area contributed by atoms with Gasteiger partial charge in [-0.1, -0.05) is 0 Å². The Morgan fingerprint density at radius 2 is 2.10 bits per heavy atom. The van der Waals surface area contributed by atoms with Crippen LogP contribution in [-0.2, 0) is 19.3 Å². The second-order valence-electron chi connectivity index (χ2n) is 5.44. The summed E-state index contributed by atoms with van der Waals surface area (Å²) in [6.07, 6.45) is 6.46. The van der Waals surface area contributed by atoms with Gasteiger partial charge in [-0.3, -0.25) is 0 Å². The highest BCUT2D eigenvalue weighted by molar-refractivity contribution is 9.11. The van der Waals surface area contributed by atoms with E-state index < -0.39 is 0 Å². The molecule has 4 heteroatoms. The number of rotatable bonds is 5. The second kappa shape index (κ2) is 6.73. The molecule has 2 heterocycles. The highest BCUT2D eigenvalue weighted by Crippen LogP contribution is 2.32. The third-order valence-electron chi connectivity index (χ3n) is 3.89. The first-order valence-electron chi connectivity index (χ1n) is 7.31. The van der Waals surface area contributed by atoms with Crippen LogP contribution in [0.1, 0.15) is 46.0 Å². The first-order chi connectivity index (χ1) is 9.72.